The van der Waals surface area contributed by atoms with Crippen molar-refractivity contribution in [2.45, 2.75) is 33.6 Å². The number of carbonyl (C=O) groups excluding carboxylic acids is 3. The van der Waals surface area contributed by atoms with Gasteiger partial charge in [0, 0.05) is 6.42 Å². The minimum Gasteiger partial charge on any atom is -0.465 e. The summed E-state index contributed by atoms with van der Waals surface area (Å²) in [5, 5.41) is 0. The zero-order valence-corrected chi connectivity index (χ0v) is 12.3. The van der Waals surface area contributed by atoms with Crippen LogP contribution in [0.3, 0.4) is 0 Å². The molecule has 0 fully saturated rings. The first-order valence-corrected chi connectivity index (χ1v) is 6.59. The van der Waals surface area contributed by atoms with Crippen LogP contribution in [0.15, 0.2) is 12.7 Å². The molecule has 0 aromatic carbocycles. The standard InChI is InChI=1S/C14H22O6/c1-5-9-14(12(16)18-7-3,13(17)19-8-4)10-20-11(15)6-2/h5H,1,6-10H2,2-4H3. The molecule has 0 aliphatic carbocycles. The topological polar surface area (TPSA) is 78.9 Å². The van der Waals surface area contributed by atoms with Crippen LogP contribution in [0.1, 0.15) is 33.6 Å². The summed E-state index contributed by atoms with van der Waals surface area (Å²) in [6.45, 7) is 8.20. The largest absolute Gasteiger partial charge is 0.465 e. The van der Waals surface area contributed by atoms with Crippen molar-refractivity contribution in [1.29, 1.82) is 0 Å². The quantitative estimate of drug-likeness (QED) is 0.277. The third-order valence-corrected chi connectivity index (χ3v) is 2.59. The van der Waals surface area contributed by atoms with Crippen molar-refractivity contribution >= 4 is 17.9 Å². The molecule has 0 aromatic heterocycles. The van der Waals surface area contributed by atoms with Gasteiger partial charge in [-0.25, -0.2) is 0 Å². The number of carbonyl (C=O) groups is 3. The van der Waals surface area contributed by atoms with Gasteiger partial charge in [0.1, 0.15) is 6.61 Å². The highest BCUT2D eigenvalue weighted by Crippen LogP contribution is 2.28. The SMILES string of the molecule is C=CCC(COC(=O)CC)(C(=O)OCC)C(=O)OCC. The predicted octanol–water partition coefficient (Wildman–Crippen LogP) is 1.63. The van der Waals surface area contributed by atoms with E-state index in [9.17, 15) is 14.4 Å². The molecule has 0 aliphatic heterocycles. The monoisotopic (exact) mass is 286 g/mol. The summed E-state index contributed by atoms with van der Waals surface area (Å²) in [5.41, 5.74) is -1.68. The summed E-state index contributed by atoms with van der Waals surface area (Å²) in [5.74, 6) is -2.06. The summed E-state index contributed by atoms with van der Waals surface area (Å²) in [6, 6.07) is 0. The average molecular weight is 286 g/mol. The van der Waals surface area contributed by atoms with Crippen LogP contribution in [0.5, 0.6) is 0 Å². The zero-order chi connectivity index (χ0) is 15.6. The van der Waals surface area contributed by atoms with Gasteiger partial charge in [-0.1, -0.05) is 13.0 Å². The fourth-order valence-electron chi connectivity index (χ4n) is 1.52. The Morgan fingerprint density at radius 2 is 1.50 bits per heavy atom. The third kappa shape index (κ3) is 4.68. The Labute approximate surface area is 119 Å². The van der Waals surface area contributed by atoms with Crippen LogP contribution in [0.25, 0.3) is 0 Å². The Bertz CT molecular complexity index is 343. The Morgan fingerprint density at radius 1 is 1.00 bits per heavy atom. The van der Waals surface area contributed by atoms with E-state index in [0.29, 0.717) is 0 Å². The van der Waals surface area contributed by atoms with Gasteiger partial charge in [0.05, 0.1) is 13.2 Å². The highest BCUT2D eigenvalue weighted by Gasteiger charge is 2.49. The van der Waals surface area contributed by atoms with E-state index in [2.05, 4.69) is 6.58 Å². The van der Waals surface area contributed by atoms with Gasteiger partial charge in [-0.05, 0) is 20.3 Å². The van der Waals surface area contributed by atoms with Crippen molar-refractivity contribution in [3.05, 3.63) is 12.7 Å². The Hall–Kier alpha value is -1.85. The van der Waals surface area contributed by atoms with E-state index in [4.69, 9.17) is 14.2 Å². The number of hydrogen-bond acceptors (Lipinski definition) is 6. The fourth-order valence-corrected chi connectivity index (χ4v) is 1.52. The number of ether oxygens (including phenoxy) is 3. The normalized spacial score (nSPS) is 10.6. The van der Waals surface area contributed by atoms with Crippen molar-refractivity contribution in [2.24, 2.45) is 5.41 Å². The molecule has 0 spiro atoms. The van der Waals surface area contributed by atoms with Crippen LogP contribution in [0, 0.1) is 5.41 Å². The second kappa shape index (κ2) is 9.12. The molecule has 0 saturated carbocycles. The average Bonchev–Trinajstić information content (AvgIpc) is 2.43. The van der Waals surface area contributed by atoms with Crippen LogP contribution < -0.4 is 0 Å². The van der Waals surface area contributed by atoms with Gasteiger partial charge in [0.15, 0.2) is 0 Å². The number of allylic oxidation sites excluding steroid dienone is 1. The molecule has 0 rings (SSSR count). The van der Waals surface area contributed by atoms with Crippen LogP contribution >= 0.6 is 0 Å². The highest BCUT2D eigenvalue weighted by molar-refractivity contribution is 6.00. The van der Waals surface area contributed by atoms with Crippen LogP contribution in [-0.4, -0.2) is 37.7 Å². The van der Waals surface area contributed by atoms with Crippen LogP contribution in [-0.2, 0) is 28.6 Å². The molecule has 20 heavy (non-hydrogen) atoms. The molecule has 0 saturated heterocycles. The van der Waals surface area contributed by atoms with Crippen LogP contribution in [0.4, 0.5) is 0 Å². The molecule has 0 bridgehead atoms. The molecule has 0 heterocycles. The lowest BCUT2D eigenvalue weighted by molar-refractivity contribution is -0.178. The molecule has 0 radical (unpaired) electrons. The molecule has 114 valence electrons. The van der Waals surface area contributed by atoms with Crippen molar-refractivity contribution in [3.63, 3.8) is 0 Å². The predicted molar refractivity (Wildman–Crippen MR) is 71.8 cm³/mol. The molecule has 0 atom stereocenters. The van der Waals surface area contributed by atoms with Gasteiger partial charge < -0.3 is 14.2 Å². The van der Waals surface area contributed by atoms with Gasteiger partial charge in [0.2, 0.25) is 5.41 Å². The Kier molecular flexibility index (Phi) is 8.27. The van der Waals surface area contributed by atoms with Gasteiger partial charge in [-0.15, -0.1) is 6.58 Å². The van der Waals surface area contributed by atoms with E-state index >= 15 is 0 Å². The maximum Gasteiger partial charge on any atom is 0.327 e. The third-order valence-electron chi connectivity index (χ3n) is 2.59. The second-order valence-corrected chi connectivity index (χ2v) is 4.03. The summed E-state index contributed by atoms with van der Waals surface area (Å²) in [6.07, 6.45) is 1.52. The molecule has 6 nitrogen and oxygen atoms in total. The van der Waals surface area contributed by atoms with Gasteiger partial charge in [0.25, 0.3) is 0 Å². The first-order valence-electron chi connectivity index (χ1n) is 6.59. The zero-order valence-electron chi connectivity index (χ0n) is 12.3. The van der Waals surface area contributed by atoms with E-state index in [1.165, 1.54) is 6.08 Å². The molecular weight excluding hydrogens is 264 g/mol. The van der Waals surface area contributed by atoms with E-state index in [0.717, 1.165) is 0 Å². The molecule has 0 amide bonds. The molecule has 0 aromatic rings. The maximum atomic E-state index is 12.1. The van der Waals surface area contributed by atoms with Crippen molar-refractivity contribution in [1.82, 2.24) is 0 Å². The van der Waals surface area contributed by atoms with Crippen LogP contribution in [0.2, 0.25) is 0 Å². The van der Waals surface area contributed by atoms with E-state index < -0.39 is 29.9 Å². The summed E-state index contributed by atoms with van der Waals surface area (Å²) >= 11 is 0. The first-order chi connectivity index (χ1) is 9.48. The van der Waals surface area contributed by atoms with E-state index in [1.54, 1.807) is 20.8 Å². The van der Waals surface area contributed by atoms with Gasteiger partial charge in [-0.3, -0.25) is 14.4 Å². The van der Waals surface area contributed by atoms with E-state index in [1.807, 2.05) is 0 Å². The Morgan fingerprint density at radius 3 is 1.85 bits per heavy atom. The molecule has 0 aliphatic rings. The lowest BCUT2D eigenvalue weighted by atomic mass is 9.85. The van der Waals surface area contributed by atoms with Crippen molar-refractivity contribution in [2.75, 3.05) is 19.8 Å². The minimum absolute atomic E-state index is 0.0261. The fraction of sp³-hybridized carbons (Fsp3) is 0.643. The molecular formula is C14H22O6. The number of hydrogen-bond donors (Lipinski definition) is 0. The summed E-state index contributed by atoms with van der Waals surface area (Å²) < 4.78 is 14.8. The lowest BCUT2D eigenvalue weighted by Crippen LogP contribution is -2.46. The highest BCUT2D eigenvalue weighted by atomic mass is 16.6. The summed E-state index contributed by atoms with van der Waals surface area (Å²) in [4.78, 5) is 35.5. The number of rotatable bonds is 9. The van der Waals surface area contributed by atoms with Gasteiger partial charge in [-0.2, -0.15) is 0 Å². The van der Waals surface area contributed by atoms with Gasteiger partial charge >= 0.3 is 17.9 Å². The molecule has 0 unspecified atom stereocenters. The summed E-state index contributed by atoms with van der Waals surface area (Å²) in [7, 11) is 0. The number of esters is 3. The molecule has 0 N–H and O–H groups in total. The molecule has 6 heteroatoms. The van der Waals surface area contributed by atoms with E-state index in [-0.39, 0.29) is 26.1 Å². The Balaban J connectivity index is 5.30. The smallest absolute Gasteiger partial charge is 0.327 e. The minimum atomic E-state index is -1.68. The van der Waals surface area contributed by atoms with Crippen molar-refractivity contribution < 1.29 is 28.6 Å². The first kappa shape index (κ1) is 18.1. The second-order valence-electron chi connectivity index (χ2n) is 4.03. The maximum absolute atomic E-state index is 12.1. The lowest BCUT2D eigenvalue weighted by Gasteiger charge is -2.27. The van der Waals surface area contributed by atoms with Crippen molar-refractivity contribution in [3.8, 4) is 0 Å².